The molecule has 3 rings (SSSR count). The van der Waals surface area contributed by atoms with Crippen LogP contribution in [0.4, 0.5) is 0 Å². The van der Waals surface area contributed by atoms with Crippen LogP contribution < -0.4 is 9.47 Å². The van der Waals surface area contributed by atoms with Crippen molar-refractivity contribution in [2.75, 3.05) is 13.9 Å². The highest BCUT2D eigenvalue weighted by atomic mass is 16.7. The first-order chi connectivity index (χ1) is 7.79. The molecule has 1 aromatic rings. The van der Waals surface area contributed by atoms with Crippen LogP contribution in [-0.4, -0.2) is 19.9 Å². The van der Waals surface area contributed by atoms with Crippen molar-refractivity contribution in [3.8, 4) is 11.5 Å². The predicted molar refractivity (Wildman–Crippen MR) is 55.4 cm³/mol. The van der Waals surface area contributed by atoms with Crippen molar-refractivity contribution in [2.45, 2.75) is 12.3 Å². The van der Waals surface area contributed by atoms with Crippen LogP contribution in [0, 0.1) is 5.92 Å². The smallest absolute Gasteiger partial charge is 0.309 e. The van der Waals surface area contributed by atoms with Crippen molar-refractivity contribution in [2.24, 2.45) is 5.92 Å². The second-order valence-electron chi connectivity index (χ2n) is 4.08. The van der Waals surface area contributed by atoms with E-state index in [2.05, 4.69) is 0 Å². The van der Waals surface area contributed by atoms with Crippen LogP contribution in [0.15, 0.2) is 18.2 Å². The first-order valence-corrected chi connectivity index (χ1v) is 5.27. The standard InChI is InChI=1S/C12H12O4/c1-14-12(13)9-5-8(9)7-2-3-10-11(4-7)16-6-15-10/h2-4,8-9H,5-6H2,1H3/t8-,9-/m0/s1. The van der Waals surface area contributed by atoms with Crippen LogP contribution in [-0.2, 0) is 9.53 Å². The number of fused-ring (bicyclic) bond motifs is 1. The molecule has 2 aliphatic rings. The SMILES string of the molecule is COC(=O)[C@H]1C[C@H]1c1ccc2c(c1)OCO2. The van der Waals surface area contributed by atoms with Crippen molar-refractivity contribution < 1.29 is 19.0 Å². The Labute approximate surface area is 93.1 Å². The van der Waals surface area contributed by atoms with Gasteiger partial charge in [0.15, 0.2) is 11.5 Å². The Hall–Kier alpha value is -1.71. The zero-order valence-electron chi connectivity index (χ0n) is 8.93. The van der Waals surface area contributed by atoms with Gasteiger partial charge in [0.25, 0.3) is 0 Å². The molecule has 0 unspecified atom stereocenters. The van der Waals surface area contributed by atoms with E-state index >= 15 is 0 Å². The third-order valence-corrected chi connectivity index (χ3v) is 3.12. The van der Waals surface area contributed by atoms with Gasteiger partial charge in [-0.1, -0.05) is 6.07 Å². The van der Waals surface area contributed by atoms with Crippen molar-refractivity contribution >= 4 is 5.97 Å². The summed E-state index contributed by atoms with van der Waals surface area (Å²) >= 11 is 0. The minimum absolute atomic E-state index is 0.0189. The van der Waals surface area contributed by atoms with E-state index in [1.54, 1.807) is 0 Å². The van der Waals surface area contributed by atoms with E-state index in [0.717, 1.165) is 23.5 Å². The lowest BCUT2D eigenvalue weighted by Gasteiger charge is -2.01. The topological polar surface area (TPSA) is 44.8 Å². The predicted octanol–water partition coefficient (Wildman–Crippen LogP) is 1.69. The molecule has 1 aromatic carbocycles. The zero-order valence-corrected chi connectivity index (χ0v) is 8.93. The molecule has 1 aliphatic heterocycles. The van der Waals surface area contributed by atoms with Gasteiger partial charge in [-0.05, 0) is 30.0 Å². The number of benzene rings is 1. The summed E-state index contributed by atoms with van der Waals surface area (Å²) in [4.78, 5) is 11.3. The van der Waals surface area contributed by atoms with E-state index in [4.69, 9.17) is 14.2 Å². The maximum absolute atomic E-state index is 11.3. The van der Waals surface area contributed by atoms with Crippen molar-refractivity contribution in [3.05, 3.63) is 23.8 Å². The Balaban J connectivity index is 1.80. The van der Waals surface area contributed by atoms with Crippen LogP contribution in [0.5, 0.6) is 11.5 Å². The first kappa shape index (κ1) is 9.51. The van der Waals surface area contributed by atoms with Gasteiger partial charge in [0, 0.05) is 0 Å². The summed E-state index contributed by atoms with van der Waals surface area (Å²) in [6, 6.07) is 5.83. The van der Waals surface area contributed by atoms with Gasteiger partial charge in [-0.3, -0.25) is 4.79 Å². The van der Waals surface area contributed by atoms with Crippen LogP contribution in [0.3, 0.4) is 0 Å². The Kier molecular flexibility index (Phi) is 2.02. The molecule has 0 amide bonds. The molecule has 4 heteroatoms. The van der Waals surface area contributed by atoms with E-state index in [1.807, 2.05) is 18.2 Å². The summed E-state index contributed by atoms with van der Waals surface area (Å²) in [6.07, 6.45) is 0.867. The maximum Gasteiger partial charge on any atom is 0.309 e. The molecular weight excluding hydrogens is 208 g/mol. The molecule has 0 radical (unpaired) electrons. The molecular formula is C12H12O4. The first-order valence-electron chi connectivity index (χ1n) is 5.27. The van der Waals surface area contributed by atoms with E-state index < -0.39 is 0 Å². The molecule has 0 bridgehead atoms. The van der Waals surface area contributed by atoms with E-state index in [1.165, 1.54) is 7.11 Å². The molecule has 2 atom stereocenters. The molecule has 0 N–H and O–H groups in total. The lowest BCUT2D eigenvalue weighted by molar-refractivity contribution is -0.142. The van der Waals surface area contributed by atoms with E-state index in [0.29, 0.717) is 0 Å². The molecule has 16 heavy (non-hydrogen) atoms. The molecule has 1 heterocycles. The summed E-state index contributed by atoms with van der Waals surface area (Å²) in [6.45, 7) is 0.282. The third kappa shape index (κ3) is 1.41. The number of carbonyl (C=O) groups excluding carboxylic acids is 1. The monoisotopic (exact) mass is 220 g/mol. The molecule has 1 aliphatic carbocycles. The fraction of sp³-hybridized carbons (Fsp3) is 0.417. The second kappa shape index (κ2) is 3.40. The average molecular weight is 220 g/mol. The second-order valence-corrected chi connectivity index (χ2v) is 4.08. The van der Waals surface area contributed by atoms with Gasteiger partial charge in [0.05, 0.1) is 13.0 Å². The fourth-order valence-electron chi connectivity index (χ4n) is 2.12. The minimum Gasteiger partial charge on any atom is -0.469 e. The number of carbonyl (C=O) groups is 1. The molecule has 84 valence electrons. The Morgan fingerprint density at radius 3 is 3.00 bits per heavy atom. The lowest BCUT2D eigenvalue weighted by atomic mass is 10.1. The number of hydrogen-bond acceptors (Lipinski definition) is 4. The quantitative estimate of drug-likeness (QED) is 0.711. The number of esters is 1. The van der Waals surface area contributed by atoms with Crippen molar-refractivity contribution in [1.29, 1.82) is 0 Å². The molecule has 4 nitrogen and oxygen atoms in total. The van der Waals surface area contributed by atoms with Gasteiger partial charge in [-0.15, -0.1) is 0 Å². The molecule has 1 saturated carbocycles. The molecule has 0 saturated heterocycles. The highest BCUT2D eigenvalue weighted by Crippen LogP contribution is 2.50. The van der Waals surface area contributed by atoms with Crippen LogP contribution in [0.2, 0.25) is 0 Å². The van der Waals surface area contributed by atoms with Crippen molar-refractivity contribution in [3.63, 3.8) is 0 Å². The van der Waals surface area contributed by atoms with Gasteiger partial charge in [0.1, 0.15) is 0 Å². The van der Waals surface area contributed by atoms with Gasteiger partial charge in [0.2, 0.25) is 6.79 Å². The van der Waals surface area contributed by atoms with Crippen LogP contribution >= 0.6 is 0 Å². The van der Waals surface area contributed by atoms with Crippen LogP contribution in [0.1, 0.15) is 17.9 Å². The molecule has 1 fully saturated rings. The number of methoxy groups -OCH3 is 1. The minimum atomic E-state index is -0.123. The van der Waals surface area contributed by atoms with E-state index in [-0.39, 0.29) is 24.6 Å². The number of rotatable bonds is 2. The zero-order chi connectivity index (χ0) is 11.1. The summed E-state index contributed by atoms with van der Waals surface area (Å²) in [7, 11) is 1.43. The normalized spacial score (nSPS) is 25.3. The van der Waals surface area contributed by atoms with Gasteiger partial charge >= 0.3 is 5.97 Å². The number of hydrogen-bond donors (Lipinski definition) is 0. The van der Waals surface area contributed by atoms with Crippen LogP contribution in [0.25, 0.3) is 0 Å². The number of ether oxygens (including phenoxy) is 3. The van der Waals surface area contributed by atoms with Gasteiger partial charge in [-0.2, -0.15) is 0 Å². The summed E-state index contributed by atoms with van der Waals surface area (Å²) in [5.41, 5.74) is 1.12. The van der Waals surface area contributed by atoms with Gasteiger partial charge < -0.3 is 14.2 Å². The Morgan fingerprint density at radius 2 is 2.19 bits per heavy atom. The fourth-order valence-corrected chi connectivity index (χ4v) is 2.12. The largest absolute Gasteiger partial charge is 0.469 e. The summed E-state index contributed by atoms with van der Waals surface area (Å²) in [5, 5.41) is 0. The molecule has 0 spiro atoms. The highest BCUT2D eigenvalue weighted by molar-refractivity contribution is 5.77. The third-order valence-electron chi connectivity index (χ3n) is 3.12. The maximum atomic E-state index is 11.3. The lowest BCUT2D eigenvalue weighted by Crippen LogP contribution is -2.03. The highest BCUT2D eigenvalue weighted by Gasteiger charge is 2.45. The van der Waals surface area contributed by atoms with E-state index in [9.17, 15) is 4.79 Å². The Bertz CT molecular complexity index is 441. The summed E-state index contributed by atoms with van der Waals surface area (Å²) in [5.74, 6) is 1.72. The van der Waals surface area contributed by atoms with Gasteiger partial charge in [-0.25, -0.2) is 0 Å². The average Bonchev–Trinajstić information content (AvgIpc) is 2.98. The summed E-state index contributed by atoms with van der Waals surface area (Å²) < 4.78 is 15.3. The van der Waals surface area contributed by atoms with Crippen molar-refractivity contribution in [1.82, 2.24) is 0 Å². The molecule has 0 aromatic heterocycles. The Morgan fingerprint density at radius 1 is 1.38 bits per heavy atom.